The van der Waals surface area contributed by atoms with E-state index < -0.39 is 5.97 Å². The van der Waals surface area contributed by atoms with Crippen LogP contribution < -0.4 is 0 Å². The van der Waals surface area contributed by atoms with Gasteiger partial charge in [-0.1, -0.05) is 6.42 Å². The fourth-order valence-electron chi connectivity index (χ4n) is 2.32. The van der Waals surface area contributed by atoms with Crippen molar-refractivity contribution < 1.29 is 9.90 Å². The van der Waals surface area contributed by atoms with Gasteiger partial charge in [-0.15, -0.1) is 0 Å². The second-order valence-electron chi connectivity index (χ2n) is 3.88. The van der Waals surface area contributed by atoms with Crippen LogP contribution in [0.2, 0.25) is 0 Å². The van der Waals surface area contributed by atoms with Crippen LogP contribution in [0.4, 0.5) is 0 Å². The van der Waals surface area contributed by atoms with Crippen LogP contribution in [-0.4, -0.2) is 22.6 Å². The molecule has 0 spiro atoms. The fourth-order valence-corrected chi connectivity index (χ4v) is 3.71. The molecule has 3 heteroatoms. The molecule has 0 aromatic rings. The zero-order valence-electron chi connectivity index (χ0n) is 7.08. The molecular formula is C9H14O2S. The Bertz CT molecular complexity index is 193. The summed E-state index contributed by atoms with van der Waals surface area (Å²) in [5.41, 5.74) is -0.302. The van der Waals surface area contributed by atoms with Gasteiger partial charge >= 0.3 is 5.97 Å². The molecule has 68 valence electrons. The van der Waals surface area contributed by atoms with E-state index in [-0.39, 0.29) is 5.41 Å². The molecule has 1 saturated heterocycles. The lowest BCUT2D eigenvalue weighted by Crippen LogP contribution is -2.44. The minimum absolute atomic E-state index is 0.302. The molecule has 0 radical (unpaired) electrons. The highest BCUT2D eigenvalue weighted by atomic mass is 32.2. The van der Waals surface area contributed by atoms with Gasteiger partial charge in [0.2, 0.25) is 0 Å². The van der Waals surface area contributed by atoms with Gasteiger partial charge in [0, 0.05) is 0 Å². The second kappa shape index (κ2) is 2.95. The van der Waals surface area contributed by atoms with Crippen molar-refractivity contribution in [3.8, 4) is 0 Å². The topological polar surface area (TPSA) is 37.3 Å². The molecule has 1 saturated carbocycles. The normalized spacial score (nSPS) is 32.8. The Morgan fingerprint density at radius 3 is 2.58 bits per heavy atom. The average molecular weight is 186 g/mol. The summed E-state index contributed by atoms with van der Waals surface area (Å²) in [6.07, 6.45) is 4.09. The molecule has 1 aliphatic heterocycles. The third-order valence-corrected chi connectivity index (χ3v) is 4.55. The number of carboxylic acids is 1. The second-order valence-corrected chi connectivity index (χ2v) is 5.03. The molecule has 0 aromatic carbocycles. The molecule has 2 rings (SSSR count). The van der Waals surface area contributed by atoms with Crippen LogP contribution in [0, 0.1) is 11.3 Å². The standard InChI is InChI=1S/C9H14O2S/c10-8(11)9(3-1-4-9)7-2-5-12-6-7/h7H,1-6H2,(H,10,11). The molecule has 12 heavy (non-hydrogen) atoms. The van der Waals surface area contributed by atoms with Crippen molar-refractivity contribution >= 4 is 17.7 Å². The van der Waals surface area contributed by atoms with Gasteiger partial charge in [-0.3, -0.25) is 4.79 Å². The van der Waals surface area contributed by atoms with Crippen LogP contribution in [0.5, 0.6) is 0 Å². The third kappa shape index (κ3) is 1.06. The molecule has 0 bridgehead atoms. The van der Waals surface area contributed by atoms with Crippen molar-refractivity contribution in [2.24, 2.45) is 11.3 Å². The zero-order valence-corrected chi connectivity index (χ0v) is 7.90. The van der Waals surface area contributed by atoms with Crippen molar-refractivity contribution in [3.05, 3.63) is 0 Å². The molecular weight excluding hydrogens is 172 g/mol. The van der Waals surface area contributed by atoms with Crippen LogP contribution in [0.3, 0.4) is 0 Å². The summed E-state index contributed by atoms with van der Waals surface area (Å²) in [7, 11) is 0. The highest BCUT2D eigenvalue weighted by Gasteiger charge is 2.50. The van der Waals surface area contributed by atoms with Gasteiger partial charge < -0.3 is 5.11 Å². The van der Waals surface area contributed by atoms with E-state index in [0.29, 0.717) is 5.92 Å². The summed E-state index contributed by atoms with van der Waals surface area (Å²) in [5.74, 6) is 2.17. The van der Waals surface area contributed by atoms with Crippen molar-refractivity contribution in [3.63, 3.8) is 0 Å². The number of carbonyl (C=O) groups is 1. The van der Waals surface area contributed by atoms with Crippen molar-refractivity contribution in [2.45, 2.75) is 25.7 Å². The van der Waals surface area contributed by atoms with Crippen LogP contribution in [0.25, 0.3) is 0 Å². The van der Waals surface area contributed by atoms with E-state index in [4.69, 9.17) is 5.11 Å². The van der Waals surface area contributed by atoms with E-state index >= 15 is 0 Å². The first-order valence-corrected chi connectivity index (χ1v) is 5.72. The predicted octanol–water partition coefficient (Wildman–Crippen LogP) is 1.99. The van der Waals surface area contributed by atoms with Gasteiger partial charge in [0.05, 0.1) is 5.41 Å². The Morgan fingerprint density at radius 2 is 2.25 bits per heavy atom. The number of hydrogen-bond acceptors (Lipinski definition) is 2. The summed E-state index contributed by atoms with van der Waals surface area (Å²) >= 11 is 1.91. The lowest BCUT2D eigenvalue weighted by Gasteiger charge is -2.42. The first-order valence-electron chi connectivity index (χ1n) is 4.57. The van der Waals surface area contributed by atoms with Gasteiger partial charge in [0.1, 0.15) is 0 Å². The largest absolute Gasteiger partial charge is 0.481 e. The Hall–Kier alpha value is -0.180. The summed E-state index contributed by atoms with van der Waals surface area (Å²) in [4.78, 5) is 11.1. The van der Waals surface area contributed by atoms with E-state index in [1.165, 1.54) is 5.75 Å². The minimum Gasteiger partial charge on any atom is -0.481 e. The first-order chi connectivity index (χ1) is 5.76. The maximum atomic E-state index is 11.1. The highest BCUT2D eigenvalue weighted by molar-refractivity contribution is 7.99. The highest BCUT2D eigenvalue weighted by Crippen LogP contribution is 2.51. The summed E-state index contributed by atoms with van der Waals surface area (Å²) in [6, 6.07) is 0. The summed E-state index contributed by atoms with van der Waals surface area (Å²) in [6.45, 7) is 0. The Labute approximate surface area is 76.7 Å². The summed E-state index contributed by atoms with van der Waals surface area (Å²) in [5, 5.41) is 9.13. The quantitative estimate of drug-likeness (QED) is 0.716. The third-order valence-electron chi connectivity index (χ3n) is 3.38. The monoisotopic (exact) mass is 186 g/mol. The number of hydrogen-bond donors (Lipinski definition) is 1. The molecule has 2 fully saturated rings. The van der Waals surface area contributed by atoms with E-state index in [1.807, 2.05) is 11.8 Å². The number of aliphatic carboxylic acids is 1. The molecule has 1 unspecified atom stereocenters. The molecule has 2 aliphatic rings. The smallest absolute Gasteiger partial charge is 0.309 e. The number of thioether (sulfide) groups is 1. The predicted molar refractivity (Wildman–Crippen MR) is 49.4 cm³/mol. The Kier molecular flexibility index (Phi) is 2.07. The SMILES string of the molecule is O=C(O)C1(C2CCSC2)CCC1. The maximum absolute atomic E-state index is 11.1. The van der Waals surface area contributed by atoms with Gasteiger partial charge in [-0.05, 0) is 36.7 Å². The van der Waals surface area contributed by atoms with Crippen molar-refractivity contribution in [1.29, 1.82) is 0 Å². The maximum Gasteiger partial charge on any atom is 0.309 e. The average Bonchev–Trinajstić information content (AvgIpc) is 2.35. The first kappa shape index (κ1) is 8.42. The molecule has 0 aromatic heterocycles. The van der Waals surface area contributed by atoms with E-state index in [0.717, 1.165) is 31.4 Å². The number of carboxylic acid groups (broad SMARTS) is 1. The van der Waals surface area contributed by atoms with Crippen LogP contribution in [-0.2, 0) is 4.79 Å². The molecule has 2 nitrogen and oxygen atoms in total. The van der Waals surface area contributed by atoms with Gasteiger partial charge in [-0.2, -0.15) is 11.8 Å². The zero-order chi connectivity index (χ0) is 8.60. The van der Waals surface area contributed by atoms with E-state index in [2.05, 4.69) is 0 Å². The minimum atomic E-state index is -0.541. The van der Waals surface area contributed by atoms with Crippen molar-refractivity contribution in [2.75, 3.05) is 11.5 Å². The number of rotatable bonds is 2. The van der Waals surface area contributed by atoms with Gasteiger partial charge in [-0.25, -0.2) is 0 Å². The Morgan fingerprint density at radius 1 is 1.50 bits per heavy atom. The molecule has 1 heterocycles. The van der Waals surface area contributed by atoms with Crippen LogP contribution in [0.1, 0.15) is 25.7 Å². The molecule has 1 N–H and O–H groups in total. The lowest BCUT2D eigenvalue weighted by molar-refractivity contribution is -0.159. The van der Waals surface area contributed by atoms with Gasteiger partial charge in [0.25, 0.3) is 0 Å². The fraction of sp³-hybridized carbons (Fsp3) is 0.889. The van der Waals surface area contributed by atoms with Crippen LogP contribution in [0.15, 0.2) is 0 Å². The molecule has 0 amide bonds. The van der Waals surface area contributed by atoms with E-state index in [9.17, 15) is 4.79 Å². The van der Waals surface area contributed by atoms with Gasteiger partial charge in [0.15, 0.2) is 0 Å². The van der Waals surface area contributed by atoms with Crippen LogP contribution >= 0.6 is 11.8 Å². The molecule has 1 atom stereocenters. The Balaban J connectivity index is 2.10. The molecule has 1 aliphatic carbocycles. The van der Waals surface area contributed by atoms with Crippen molar-refractivity contribution in [1.82, 2.24) is 0 Å². The lowest BCUT2D eigenvalue weighted by atomic mass is 9.61. The van der Waals surface area contributed by atoms with E-state index in [1.54, 1.807) is 0 Å². The summed E-state index contributed by atoms with van der Waals surface area (Å²) < 4.78 is 0.